The molecule has 1 saturated heterocycles. The van der Waals surface area contributed by atoms with Crippen molar-refractivity contribution < 1.29 is 22.4 Å². The van der Waals surface area contributed by atoms with Gasteiger partial charge in [-0.25, -0.2) is 0 Å². The van der Waals surface area contributed by atoms with Gasteiger partial charge >= 0.3 is 6.18 Å². The van der Waals surface area contributed by atoms with Gasteiger partial charge in [0.2, 0.25) is 0 Å². The minimum absolute atomic E-state index is 0.155. The lowest BCUT2D eigenvalue weighted by molar-refractivity contribution is -0.137. The second kappa shape index (κ2) is 8.47. The Bertz CT molecular complexity index is 739. The lowest BCUT2D eigenvalue weighted by atomic mass is 10.1. The number of piperazine rings is 1. The number of furan rings is 1. The van der Waals surface area contributed by atoms with Crippen LogP contribution in [-0.2, 0) is 6.18 Å². The Kier molecular flexibility index (Phi) is 6.05. The van der Waals surface area contributed by atoms with Gasteiger partial charge in [-0.2, -0.15) is 13.2 Å². The molecule has 0 aliphatic carbocycles. The van der Waals surface area contributed by atoms with Gasteiger partial charge in [-0.15, -0.1) is 0 Å². The molecule has 0 saturated carbocycles. The van der Waals surface area contributed by atoms with E-state index in [9.17, 15) is 18.0 Å². The van der Waals surface area contributed by atoms with Gasteiger partial charge in [-0.3, -0.25) is 9.69 Å². The number of nitrogens with zero attached hydrogens (tertiary/aromatic N) is 2. The molecule has 1 aromatic heterocycles. The number of hydrogen-bond acceptors (Lipinski definition) is 4. The Morgan fingerprint density at radius 2 is 1.93 bits per heavy atom. The third-order valence-electron chi connectivity index (χ3n) is 4.63. The SMILES string of the molecule is O=C(NCCCN1CCN(c2cccc(C(F)(F)F)c2)CC1)c1ccoc1. The van der Waals surface area contributed by atoms with Gasteiger partial charge in [-0.1, -0.05) is 6.07 Å². The zero-order chi connectivity index (χ0) is 19.3. The number of nitrogens with one attached hydrogen (secondary N) is 1. The highest BCUT2D eigenvalue weighted by atomic mass is 19.4. The van der Waals surface area contributed by atoms with Crippen LogP contribution in [0.15, 0.2) is 47.3 Å². The second-order valence-electron chi connectivity index (χ2n) is 6.50. The van der Waals surface area contributed by atoms with Gasteiger partial charge in [0.1, 0.15) is 6.26 Å². The molecule has 5 nitrogen and oxygen atoms in total. The van der Waals surface area contributed by atoms with E-state index in [4.69, 9.17) is 4.42 Å². The van der Waals surface area contributed by atoms with Crippen LogP contribution in [0.1, 0.15) is 22.3 Å². The summed E-state index contributed by atoms with van der Waals surface area (Å²) < 4.78 is 43.4. The molecule has 0 atom stereocenters. The van der Waals surface area contributed by atoms with Crippen molar-refractivity contribution in [3.05, 3.63) is 54.0 Å². The number of hydrogen-bond donors (Lipinski definition) is 1. The Labute approximate surface area is 155 Å². The summed E-state index contributed by atoms with van der Waals surface area (Å²) in [4.78, 5) is 16.0. The quantitative estimate of drug-likeness (QED) is 0.781. The van der Waals surface area contributed by atoms with E-state index < -0.39 is 11.7 Å². The summed E-state index contributed by atoms with van der Waals surface area (Å²) in [6.45, 7) is 4.34. The first-order chi connectivity index (χ1) is 12.9. The molecule has 0 unspecified atom stereocenters. The standard InChI is InChI=1S/C19H22F3N3O2/c20-19(21,22)16-3-1-4-17(13-16)25-10-8-24(9-11-25)7-2-6-23-18(26)15-5-12-27-14-15/h1,3-5,12-14H,2,6-11H2,(H,23,26). The van der Waals surface area contributed by atoms with Crippen molar-refractivity contribution in [3.63, 3.8) is 0 Å². The molecule has 146 valence electrons. The fourth-order valence-electron chi connectivity index (χ4n) is 3.11. The van der Waals surface area contributed by atoms with Gasteiger partial charge in [-0.05, 0) is 37.2 Å². The summed E-state index contributed by atoms with van der Waals surface area (Å²) in [6.07, 6.45) is -0.646. The monoisotopic (exact) mass is 381 g/mol. The maximum atomic E-state index is 12.9. The van der Waals surface area contributed by atoms with Gasteiger partial charge in [0, 0.05) is 38.4 Å². The average molecular weight is 381 g/mol. The molecule has 1 N–H and O–H groups in total. The van der Waals surface area contributed by atoms with Crippen LogP contribution in [0.4, 0.5) is 18.9 Å². The Hall–Kier alpha value is -2.48. The number of amides is 1. The van der Waals surface area contributed by atoms with Crippen LogP contribution in [0.5, 0.6) is 0 Å². The van der Waals surface area contributed by atoms with Crippen molar-refractivity contribution >= 4 is 11.6 Å². The summed E-state index contributed by atoms with van der Waals surface area (Å²) in [5.74, 6) is -0.155. The van der Waals surface area contributed by atoms with E-state index in [1.165, 1.54) is 24.7 Å². The predicted molar refractivity (Wildman–Crippen MR) is 95.8 cm³/mol. The molecule has 0 bridgehead atoms. The van der Waals surface area contributed by atoms with E-state index in [0.717, 1.165) is 32.1 Å². The fourth-order valence-corrected chi connectivity index (χ4v) is 3.11. The minimum atomic E-state index is -4.32. The van der Waals surface area contributed by atoms with Crippen molar-refractivity contribution in [3.8, 4) is 0 Å². The van der Waals surface area contributed by atoms with E-state index in [-0.39, 0.29) is 5.91 Å². The van der Waals surface area contributed by atoms with Crippen LogP contribution in [0.25, 0.3) is 0 Å². The minimum Gasteiger partial charge on any atom is -0.472 e. The van der Waals surface area contributed by atoms with Crippen LogP contribution >= 0.6 is 0 Å². The molecule has 1 aliphatic rings. The molecule has 2 aromatic rings. The number of rotatable bonds is 6. The Balaban J connectivity index is 1.40. The first-order valence-corrected chi connectivity index (χ1v) is 8.88. The zero-order valence-corrected chi connectivity index (χ0v) is 14.8. The normalized spacial score (nSPS) is 15.7. The number of carbonyl (C=O) groups is 1. The molecular weight excluding hydrogens is 359 g/mol. The molecular formula is C19H22F3N3O2. The van der Waals surface area contributed by atoms with E-state index in [2.05, 4.69) is 10.2 Å². The molecule has 0 radical (unpaired) electrons. The maximum Gasteiger partial charge on any atom is 0.416 e. The number of halogens is 3. The highest BCUT2D eigenvalue weighted by Crippen LogP contribution is 2.31. The van der Waals surface area contributed by atoms with Crippen LogP contribution in [0.2, 0.25) is 0 Å². The molecule has 2 heterocycles. The van der Waals surface area contributed by atoms with Gasteiger partial charge < -0.3 is 14.6 Å². The topological polar surface area (TPSA) is 48.7 Å². The molecule has 0 spiro atoms. The second-order valence-corrected chi connectivity index (χ2v) is 6.50. The Morgan fingerprint density at radius 1 is 1.15 bits per heavy atom. The summed E-state index contributed by atoms with van der Waals surface area (Å²) in [5.41, 5.74) is 0.498. The highest BCUT2D eigenvalue weighted by molar-refractivity contribution is 5.93. The van der Waals surface area contributed by atoms with Gasteiger partial charge in [0.15, 0.2) is 0 Å². The summed E-state index contributed by atoms with van der Waals surface area (Å²) >= 11 is 0. The largest absolute Gasteiger partial charge is 0.472 e. The number of carbonyl (C=O) groups excluding carboxylic acids is 1. The van der Waals surface area contributed by atoms with E-state index in [0.29, 0.717) is 30.9 Å². The summed E-state index contributed by atoms with van der Waals surface area (Å²) in [6, 6.07) is 7.09. The molecule has 27 heavy (non-hydrogen) atoms. The van der Waals surface area contributed by atoms with Crippen molar-refractivity contribution in [1.82, 2.24) is 10.2 Å². The Morgan fingerprint density at radius 3 is 2.59 bits per heavy atom. The summed E-state index contributed by atoms with van der Waals surface area (Å²) in [7, 11) is 0. The van der Waals surface area contributed by atoms with Gasteiger partial charge in [0.05, 0.1) is 17.4 Å². The lowest BCUT2D eigenvalue weighted by Crippen LogP contribution is -2.47. The smallest absolute Gasteiger partial charge is 0.416 e. The molecule has 3 rings (SSSR count). The van der Waals surface area contributed by atoms with E-state index in [1.54, 1.807) is 12.1 Å². The number of alkyl halides is 3. The summed E-state index contributed by atoms with van der Waals surface area (Å²) in [5, 5.41) is 2.84. The van der Waals surface area contributed by atoms with Crippen molar-refractivity contribution in [2.45, 2.75) is 12.6 Å². The van der Waals surface area contributed by atoms with Crippen LogP contribution in [-0.4, -0.2) is 50.1 Å². The average Bonchev–Trinajstić information content (AvgIpc) is 3.20. The van der Waals surface area contributed by atoms with Crippen LogP contribution in [0, 0.1) is 0 Å². The molecule has 8 heteroatoms. The molecule has 1 aromatic carbocycles. The molecule has 1 aliphatic heterocycles. The van der Waals surface area contributed by atoms with Crippen molar-refractivity contribution in [2.24, 2.45) is 0 Å². The van der Waals surface area contributed by atoms with Crippen LogP contribution in [0.3, 0.4) is 0 Å². The lowest BCUT2D eigenvalue weighted by Gasteiger charge is -2.36. The van der Waals surface area contributed by atoms with Crippen molar-refractivity contribution in [1.29, 1.82) is 0 Å². The maximum absolute atomic E-state index is 12.9. The van der Waals surface area contributed by atoms with Crippen LogP contribution < -0.4 is 10.2 Å². The van der Waals surface area contributed by atoms with E-state index >= 15 is 0 Å². The first kappa shape index (κ1) is 19.3. The fraction of sp³-hybridized carbons (Fsp3) is 0.421. The third-order valence-corrected chi connectivity index (χ3v) is 4.63. The highest BCUT2D eigenvalue weighted by Gasteiger charge is 2.31. The predicted octanol–water partition coefficient (Wildman–Crippen LogP) is 3.24. The molecule has 1 amide bonds. The van der Waals surface area contributed by atoms with Gasteiger partial charge in [0.25, 0.3) is 5.91 Å². The van der Waals surface area contributed by atoms with E-state index in [1.807, 2.05) is 4.90 Å². The number of benzene rings is 1. The first-order valence-electron chi connectivity index (χ1n) is 8.88. The number of anilines is 1. The zero-order valence-electron chi connectivity index (χ0n) is 14.8. The molecule has 1 fully saturated rings. The van der Waals surface area contributed by atoms with Crippen molar-refractivity contribution in [2.75, 3.05) is 44.2 Å². The third kappa shape index (κ3) is 5.26.